The third-order valence-corrected chi connectivity index (χ3v) is 6.15. The second kappa shape index (κ2) is 4.96. The first-order valence-corrected chi connectivity index (χ1v) is 9.37. The van der Waals surface area contributed by atoms with Gasteiger partial charge in [0.15, 0.2) is 0 Å². The average molecular weight is 231 g/mol. The molecule has 0 bridgehead atoms. The van der Waals surface area contributed by atoms with Gasteiger partial charge in [-0.2, -0.15) is 0 Å². The highest BCUT2D eigenvalue weighted by molar-refractivity contribution is 6.93. The number of hydrogen-bond donors (Lipinski definition) is 0. The zero-order chi connectivity index (χ0) is 11.4. The van der Waals surface area contributed by atoms with E-state index in [0.29, 0.717) is 0 Å². The molecule has 0 radical (unpaired) electrons. The van der Waals surface area contributed by atoms with Crippen molar-refractivity contribution in [2.45, 2.75) is 38.8 Å². The van der Waals surface area contributed by atoms with Crippen LogP contribution in [0, 0.1) is 5.92 Å². The van der Waals surface area contributed by atoms with Crippen molar-refractivity contribution in [2.75, 3.05) is 0 Å². The van der Waals surface area contributed by atoms with Crippen LogP contribution in [-0.2, 0) is 0 Å². The lowest BCUT2D eigenvalue weighted by Crippen LogP contribution is -2.41. The van der Waals surface area contributed by atoms with Crippen molar-refractivity contribution in [3.8, 4) is 0 Å². The molecule has 1 nitrogen and oxygen atoms in total. The Morgan fingerprint density at radius 2 is 2.00 bits per heavy atom. The summed E-state index contributed by atoms with van der Waals surface area (Å²) in [5.74, 6) is 0.843. The van der Waals surface area contributed by atoms with Gasteiger partial charge < -0.3 is 0 Å². The average Bonchev–Trinajstić information content (AvgIpc) is 2.81. The molecular weight excluding hydrogens is 210 g/mol. The molecule has 86 valence electrons. The van der Waals surface area contributed by atoms with E-state index in [4.69, 9.17) is 0 Å². The lowest BCUT2D eigenvalue weighted by Gasteiger charge is -2.17. The molecule has 0 aliphatic heterocycles. The molecule has 0 atom stereocenters. The Kier molecular flexibility index (Phi) is 3.59. The van der Waals surface area contributed by atoms with Crippen molar-refractivity contribution in [3.05, 3.63) is 36.2 Å². The SMILES string of the molecule is C[Si](C)(/C=C/C1CCCC1)c1ccccn1. The molecule has 1 aromatic rings. The smallest absolute Gasteiger partial charge is 0.127 e. The number of nitrogens with zero attached hydrogens (tertiary/aromatic N) is 1. The highest BCUT2D eigenvalue weighted by Gasteiger charge is 2.22. The van der Waals surface area contributed by atoms with E-state index in [9.17, 15) is 0 Å². The van der Waals surface area contributed by atoms with E-state index in [1.165, 1.54) is 31.0 Å². The normalized spacial score (nSPS) is 18.4. The summed E-state index contributed by atoms with van der Waals surface area (Å²) in [6.45, 7) is 4.75. The van der Waals surface area contributed by atoms with Crippen LogP contribution in [0.1, 0.15) is 25.7 Å². The summed E-state index contributed by atoms with van der Waals surface area (Å²) in [7, 11) is -1.44. The fraction of sp³-hybridized carbons (Fsp3) is 0.500. The van der Waals surface area contributed by atoms with Gasteiger partial charge in [0.05, 0.1) is 0 Å². The zero-order valence-corrected chi connectivity index (χ0v) is 11.3. The summed E-state index contributed by atoms with van der Waals surface area (Å²) in [5, 5.41) is 1.30. The van der Waals surface area contributed by atoms with Gasteiger partial charge in [-0.05, 0) is 30.9 Å². The lowest BCUT2D eigenvalue weighted by atomic mass is 10.1. The highest BCUT2D eigenvalue weighted by Crippen LogP contribution is 2.26. The van der Waals surface area contributed by atoms with Gasteiger partial charge in [0, 0.05) is 11.5 Å². The van der Waals surface area contributed by atoms with Crippen LogP contribution in [0.2, 0.25) is 13.1 Å². The molecule has 1 fully saturated rings. The summed E-state index contributed by atoms with van der Waals surface area (Å²) in [5.41, 5.74) is 2.48. The van der Waals surface area contributed by atoms with E-state index in [1.807, 2.05) is 12.3 Å². The Balaban J connectivity index is 2.07. The Labute approximate surface area is 99.6 Å². The van der Waals surface area contributed by atoms with Gasteiger partial charge in [-0.1, -0.05) is 43.8 Å². The number of rotatable bonds is 3. The van der Waals surface area contributed by atoms with Gasteiger partial charge >= 0.3 is 0 Å². The number of aromatic nitrogens is 1. The van der Waals surface area contributed by atoms with E-state index in [0.717, 1.165) is 5.92 Å². The number of pyridine rings is 1. The highest BCUT2D eigenvalue weighted by atomic mass is 28.3. The quantitative estimate of drug-likeness (QED) is 0.728. The van der Waals surface area contributed by atoms with Crippen LogP contribution in [0.4, 0.5) is 0 Å². The molecular formula is C14H21NSi. The Morgan fingerprint density at radius 3 is 2.62 bits per heavy atom. The monoisotopic (exact) mass is 231 g/mol. The van der Waals surface area contributed by atoms with Gasteiger partial charge in [-0.3, -0.25) is 4.98 Å². The van der Waals surface area contributed by atoms with E-state index in [-0.39, 0.29) is 0 Å². The summed E-state index contributed by atoms with van der Waals surface area (Å²) < 4.78 is 0. The van der Waals surface area contributed by atoms with Crippen LogP contribution in [0.25, 0.3) is 0 Å². The predicted molar refractivity (Wildman–Crippen MR) is 72.5 cm³/mol. The summed E-state index contributed by atoms with van der Waals surface area (Å²) >= 11 is 0. The van der Waals surface area contributed by atoms with Crippen LogP contribution in [0.15, 0.2) is 36.2 Å². The predicted octanol–water partition coefficient (Wildman–Crippen LogP) is 3.28. The molecule has 1 heterocycles. The molecule has 2 rings (SSSR count). The molecule has 0 N–H and O–H groups in total. The first-order chi connectivity index (χ1) is 7.68. The molecule has 1 aromatic heterocycles. The van der Waals surface area contributed by atoms with Crippen molar-refractivity contribution in [1.29, 1.82) is 0 Å². The van der Waals surface area contributed by atoms with Crippen molar-refractivity contribution in [3.63, 3.8) is 0 Å². The topological polar surface area (TPSA) is 12.9 Å². The molecule has 0 saturated heterocycles. The summed E-state index contributed by atoms with van der Waals surface area (Å²) in [6, 6.07) is 6.26. The van der Waals surface area contributed by atoms with Gasteiger partial charge in [-0.25, -0.2) is 0 Å². The minimum atomic E-state index is -1.44. The minimum absolute atomic E-state index is 0.843. The lowest BCUT2D eigenvalue weighted by molar-refractivity contribution is 0.686. The summed E-state index contributed by atoms with van der Waals surface area (Å²) in [4.78, 5) is 4.51. The molecule has 1 saturated carbocycles. The van der Waals surface area contributed by atoms with Crippen LogP contribution in [0.3, 0.4) is 0 Å². The van der Waals surface area contributed by atoms with Gasteiger partial charge in [0.2, 0.25) is 0 Å². The standard InChI is InChI=1S/C14H21NSi/c1-16(2,14-9-5-6-11-15-14)12-10-13-7-3-4-8-13/h5-6,9-13H,3-4,7-8H2,1-2H3/b12-10+. The van der Waals surface area contributed by atoms with Crippen LogP contribution < -0.4 is 5.32 Å². The first kappa shape index (κ1) is 11.6. The fourth-order valence-corrected chi connectivity index (χ4v) is 4.21. The molecule has 1 aliphatic rings. The van der Waals surface area contributed by atoms with Gasteiger partial charge in [0.25, 0.3) is 0 Å². The van der Waals surface area contributed by atoms with Crippen LogP contribution >= 0.6 is 0 Å². The molecule has 0 spiro atoms. The van der Waals surface area contributed by atoms with Crippen LogP contribution in [-0.4, -0.2) is 13.1 Å². The molecule has 0 aromatic carbocycles. The Bertz CT molecular complexity index is 350. The van der Waals surface area contributed by atoms with E-state index >= 15 is 0 Å². The van der Waals surface area contributed by atoms with Crippen LogP contribution in [0.5, 0.6) is 0 Å². The maximum Gasteiger partial charge on any atom is 0.127 e. The largest absolute Gasteiger partial charge is 0.266 e. The van der Waals surface area contributed by atoms with Crippen molar-refractivity contribution in [2.24, 2.45) is 5.92 Å². The second-order valence-corrected chi connectivity index (χ2v) is 9.63. The molecule has 0 unspecified atom stereocenters. The van der Waals surface area contributed by atoms with E-state index < -0.39 is 8.07 Å². The van der Waals surface area contributed by atoms with E-state index in [2.05, 4.69) is 42.0 Å². The third kappa shape index (κ3) is 2.82. The minimum Gasteiger partial charge on any atom is -0.266 e. The number of allylic oxidation sites excluding steroid dienone is 1. The maximum atomic E-state index is 4.51. The number of hydrogen-bond acceptors (Lipinski definition) is 1. The van der Waals surface area contributed by atoms with Gasteiger partial charge in [-0.15, -0.1) is 0 Å². The third-order valence-electron chi connectivity index (χ3n) is 3.51. The van der Waals surface area contributed by atoms with Gasteiger partial charge in [0.1, 0.15) is 8.07 Å². The van der Waals surface area contributed by atoms with Crippen molar-refractivity contribution < 1.29 is 0 Å². The maximum absolute atomic E-state index is 4.51. The Hall–Kier alpha value is -0.893. The summed E-state index contributed by atoms with van der Waals surface area (Å²) in [6.07, 6.45) is 9.99. The second-order valence-electron chi connectivity index (χ2n) is 5.34. The molecule has 0 amide bonds. The Morgan fingerprint density at radius 1 is 1.25 bits per heavy atom. The first-order valence-electron chi connectivity index (χ1n) is 6.29. The molecule has 2 heteroatoms. The van der Waals surface area contributed by atoms with Crippen molar-refractivity contribution in [1.82, 2.24) is 4.98 Å². The molecule has 1 aliphatic carbocycles. The fourth-order valence-electron chi connectivity index (χ4n) is 2.36. The van der Waals surface area contributed by atoms with Crippen molar-refractivity contribution >= 4 is 13.4 Å². The molecule has 16 heavy (non-hydrogen) atoms. The van der Waals surface area contributed by atoms with E-state index in [1.54, 1.807) is 0 Å². The zero-order valence-electron chi connectivity index (χ0n) is 10.3.